The molecule has 1 saturated carbocycles. The lowest BCUT2D eigenvalue weighted by Crippen LogP contribution is -2.28. The van der Waals surface area contributed by atoms with Crippen LogP contribution in [0.15, 0.2) is 23.2 Å². The Hall–Kier alpha value is -1.14. The molecule has 0 N–H and O–H groups in total. The smallest absolute Gasteiger partial charge is 0.244 e. The van der Waals surface area contributed by atoms with Crippen LogP contribution in [0.4, 0.5) is 0 Å². The van der Waals surface area contributed by atoms with Gasteiger partial charge in [-0.25, -0.2) is 17.7 Å². The zero-order valence-electron chi connectivity index (χ0n) is 11.4. The van der Waals surface area contributed by atoms with Gasteiger partial charge in [-0.2, -0.15) is 0 Å². The molecular formula is C13H20N2O3S. The molecule has 5 nitrogen and oxygen atoms in total. The zero-order valence-corrected chi connectivity index (χ0v) is 12.2. The van der Waals surface area contributed by atoms with Crippen LogP contribution < -0.4 is 4.74 Å². The van der Waals surface area contributed by atoms with Gasteiger partial charge in [-0.1, -0.05) is 12.8 Å². The molecule has 0 amide bonds. The molecule has 0 bridgehead atoms. The summed E-state index contributed by atoms with van der Waals surface area (Å²) in [7, 11) is -1.80. The Balaban J connectivity index is 2.04. The molecule has 0 saturated heterocycles. The van der Waals surface area contributed by atoms with Crippen LogP contribution in [-0.2, 0) is 10.0 Å². The zero-order chi connectivity index (χ0) is 13.9. The summed E-state index contributed by atoms with van der Waals surface area (Å²) in [6.45, 7) is 2.94. The van der Waals surface area contributed by atoms with E-state index in [9.17, 15) is 8.42 Å². The third kappa shape index (κ3) is 3.67. The Morgan fingerprint density at radius 3 is 2.68 bits per heavy atom. The lowest BCUT2D eigenvalue weighted by Gasteiger charge is -2.16. The number of nitrogens with zero attached hydrogens (tertiary/aromatic N) is 2. The number of sulfonamides is 1. The highest BCUT2D eigenvalue weighted by molar-refractivity contribution is 7.89. The van der Waals surface area contributed by atoms with Gasteiger partial charge in [-0.05, 0) is 25.3 Å². The summed E-state index contributed by atoms with van der Waals surface area (Å²) in [4.78, 5) is 4.21. The van der Waals surface area contributed by atoms with Gasteiger partial charge in [0.15, 0.2) is 0 Å². The molecule has 19 heavy (non-hydrogen) atoms. The second-order valence-corrected chi connectivity index (χ2v) is 6.87. The Labute approximate surface area is 114 Å². The molecule has 106 valence electrons. The first-order chi connectivity index (χ1) is 9.04. The van der Waals surface area contributed by atoms with Crippen LogP contribution in [0.5, 0.6) is 5.88 Å². The van der Waals surface area contributed by atoms with Gasteiger partial charge in [0.1, 0.15) is 4.90 Å². The molecule has 6 heteroatoms. The molecule has 0 atom stereocenters. The minimum Gasteiger partial charge on any atom is -0.478 e. The summed E-state index contributed by atoms with van der Waals surface area (Å²) in [5.74, 6) is 1.16. The van der Waals surface area contributed by atoms with Gasteiger partial charge in [0.25, 0.3) is 0 Å². The van der Waals surface area contributed by atoms with Crippen molar-refractivity contribution in [2.45, 2.75) is 31.1 Å². The number of rotatable bonds is 7. The van der Waals surface area contributed by atoms with Crippen molar-refractivity contribution in [2.24, 2.45) is 5.92 Å². The van der Waals surface area contributed by atoms with Crippen molar-refractivity contribution in [3.63, 3.8) is 0 Å². The molecule has 1 aromatic rings. The van der Waals surface area contributed by atoms with Crippen molar-refractivity contribution in [1.82, 2.24) is 9.29 Å². The average molecular weight is 284 g/mol. The topological polar surface area (TPSA) is 59.5 Å². The summed E-state index contributed by atoms with van der Waals surface area (Å²) in [6, 6.07) is 3.13. The summed E-state index contributed by atoms with van der Waals surface area (Å²) >= 11 is 0. The molecule has 0 spiro atoms. The summed E-state index contributed by atoms with van der Waals surface area (Å²) in [6.07, 6.45) is 4.77. The number of aromatic nitrogens is 1. The minimum absolute atomic E-state index is 0.217. The molecule has 0 unspecified atom stereocenters. The van der Waals surface area contributed by atoms with Crippen molar-refractivity contribution in [3.8, 4) is 5.88 Å². The fourth-order valence-corrected chi connectivity index (χ4v) is 2.96. The maximum atomic E-state index is 12.3. The van der Waals surface area contributed by atoms with E-state index in [-0.39, 0.29) is 4.90 Å². The van der Waals surface area contributed by atoms with E-state index in [1.807, 2.05) is 6.92 Å². The SMILES string of the molecule is CCOc1ccc(S(=O)(=O)N(C)CCC2CC2)cn1. The summed E-state index contributed by atoms with van der Waals surface area (Å²) in [5, 5.41) is 0. The van der Waals surface area contributed by atoms with E-state index in [0.29, 0.717) is 19.0 Å². The van der Waals surface area contributed by atoms with Crippen molar-refractivity contribution in [1.29, 1.82) is 0 Å². The van der Waals surface area contributed by atoms with E-state index in [2.05, 4.69) is 4.98 Å². The van der Waals surface area contributed by atoms with Gasteiger partial charge in [-0.3, -0.25) is 0 Å². The van der Waals surface area contributed by atoms with Crippen molar-refractivity contribution in [3.05, 3.63) is 18.3 Å². The standard InChI is InChI=1S/C13H20N2O3S/c1-3-18-13-7-6-12(10-14-13)19(16,17)15(2)9-8-11-4-5-11/h6-7,10-11H,3-5,8-9H2,1-2H3. The van der Waals surface area contributed by atoms with Crippen LogP contribution in [0, 0.1) is 5.92 Å². The molecule has 1 aliphatic carbocycles. The first kappa shape index (κ1) is 14.3. The molecule has 1 heterocycles. The van der Waals surface area contributed by atoms with Gasteiger partial charge in [0.05, 0.1) is 12.8 Å². The van der Waals surface area contributed by atoms with Crippen LogP contribution in [-0.4, -0.2) is 37.9 Å². The summed E-state index contributed by atoms with van der Waals surface area (Å²) in [5.41, 5.74) is 0. The lowest BCUT2D eigenvalue weighted by atomic mass is 10.3. The van der Waals surface area contributed by atoms with Crippen LogP contribution in [0.3, 0.4) is 0 Å². The van der Waals surface area contributed by atoms with Crippen LogP contribution in [0.25, 0.3) is 0 Å². The number of hydrogen-bond donors (Lipinski definition) is 0. The first-order valence-corrected chi connectivity index (χ1v) is 8.03. The Morgan fingerprint density at radius 2 is 2.16 bits per heavy atom. The molecule has 0 radical (unpaired) electrons. The normalized spacial score (nSPS) is 15.7. The van der Waals surface area contributed by atoms with Crippen molar-refractivity contribution in [2.75, 3.05) is 20.2 Å². The second-order valence-electron chi connectivity index (χ2n) is 4.82. The molecule has 0 aliphatic heterocycles. The van der Waals surface area contributed by atoms with Gasteiger partial charge in [0, 0.05) is 19.7 Å². The van der Waals surface area contributed by atoms with E-state index >= 15 is 0 Å². The molecule has 1 aromatic heterocycles. The predicted molar refractivity (Wildman–Crippen MR) is 72.6 cm³/mol. The summed E-state index contributed by atoms with van der Waals surface area (Å²) < 4.78 is 31.2. The highest BCUT2D eigenvalue weighted by Gasteiger charge is 2.25. The fourth-order valence-electron chi connectivity index (χ4n) is 1.82. The van der Waals surface area contributed by atoms with Gasteiger partial charge >= 0.3 is 0 Å². The number of ether oxygens (including phenoxy) is 1. The monoisotopic (exact) mass is 284 g/mol. The Kier molecular flexibility index (Phi) is 4.42. The third-order valence-corrected chi connectivity index (χ3v) is 5.10. The van der Waals surface area contributed by atoms with Crippen LogP contribution in [0.2, 0.25) is 0 Å². The Morgan fingerprint density at radius 1 is 1.42 bits per heavy atom. The maximum Gasteiger partial charge on any atom is 0.244 e. The van der Waals surface area contributed by atoms with E-state index in [4.69, 9.17) is 4.74 Å². The molecule has 1 aliphatic rings. The van der Waals surface area contributed by atoms with E-state index in [1.165, 1.54) is 23.3 Å². The van der Waals surface area contributed by atoms with E-state index < -0.39 is 10.0 Å². The van der Waals surface area contributed by atoms with Crippen molar-refractivity contribution >= 4 is 10.0 Å². The fraction of sp³-hybridized carbons (Fsp3) is 0.615. The minimum atomic E-state index is -3.42. The van der Waals surface area contributed by atoms with Gasteiger partial charge in [-0.15, -0.1) is 0 Å². The second kappa shape index (κ2) is 5.88. The van der Waals surface area contributed by atoms with Crippen LogP contribution in [0.1, 0.15) is 26.2 Å². The highest BCUT2D eigenvalue weighted by atomic mass is 32.2. The molecule has 0 aromatic carbocycles. The quantitative estimate of drug-likeness (QED) is 0.767. The Bertz CT molecular complexity index is 509. The predicted octanol–water partition coefficient (Wildman–Crippen LogP) is 1.90. The largest absolute Gasteiger partial charge is 0.478 e. The van der Waals surface area contributed by atoms with Crippen molar-refractivity contribution < 1.29 is 13.2 Å². The molecule has 1 fully saturated rings. The van der Waals surface area contributed by atoms with E-state index in [0.717, 1.165) is 12.3 Å². The van der Waals surface area contributed by atoms with Gasteiger partial charge in [0.2, 0.25) is 15.9 Å². The molecule has 2 rings (SSSR count). The third-order valence-electron chi connectivity index (χ3n) is 3.26. The lowest BCUT2D eigenvalue weighted by molar-refractivity contribution is 0.326. The highest BCUT2D eigenvalue weighted by Crippen LogP contribution is 2.32. The first-order valence-electron chi connectivity index (χ1n) is 6.59. The molecular weight excluding hydrogens is 264 g/mol. The van der Waals surface area contributed by atoms with Crippen LogP contribution >= 0.6 is 0 Å². The maximum absolute atomic E-state index is 12.3. The van der Waals surface area contributed by atoms with E-state index in [1.54, 1.807) is 19.2 Å². The number of hydrogen-bond acceptors (Lipinski definition) is 4. The average Bonchev–Trinajstić information content (AvgIpc) is 3.21. The van der Waals surface area contributed by atoms with Gasteiger partial charge < -0.3 is 4.74 Å². The number of pyridine rings is 1.